The van der Waals surface area contributed by atoms with Crippen LogP contribution in [0.1, 0.15) is 17.2 Å². The van der Waals surface area contributed by atoms with Crippen LogP contribution >= 0.6 is 0 Å². The van der Waals surface area contributed by atoms with E-state index in [2.05, 4.69) is 0 Å². The summed E-state index contributed by atoms with van der Waals surface area (Å²) < 4.78 is 4.88. The quantitative estimate of drug-likeness (QED) is 0.855. The van der Waals surface area contributed by atoms with E-state index in [1.165, 1.54) is 5.56 Å². The van der Waals surface area contributed by atoms with E-state index >= 15 is 0 Å². The maximum absolute atomic E-state index is 11.3. The number of aliphatic hydroxyl groups is 1. The summed E-state index contributed by atoms with van der Waals surface area (Å²) in [6, 6.07) is 7.90. The Morgan fingerprint density at radius 1 is 1.40 bits per heavy atom. The minimum Gasteiger partial charge on any atom is -0.448 e. The molecule has 0 aromatic heterocycles. The van der Waals surface area contributed by atoms with Crippen LogP contribution < -0.4 is 0 Å². The molecule has 1 aliphatic heterocycles. The Balaban J connectivity index is 1.77. The van der Waals surface area contributed by atoms with Crippen LogP contribution in [0.2, 0.25) is 0 Å². The molecule has 1 heterocycles. The molecule has 0 radical (unpaired) electrons. The summed E-state index contributed by atoms with van der Waals surface area (Å²) >= 11 is 0. The Morgan fingerprint density at radius 3 is 2.70 bits per heavy atom. The lowest BCUT2D eigenvalue weighted by molar-refractivity contribution is 0.120. The highest BCUT2D eigenvalue weighted by atomic mass is 16.6. The number of likely N-dealkylation sites (N-methyl/N-ethyl adjacent to an activating group) is 1. The third kappa shape index (κ3) is 3.95. The number of carbonyl (C=O) groups is 1. The average Bonchev–Trinajstić information content (AvgIpc) is 2.82. The first-order valence-corrected chi connectivity index (χ1v) is 6.91. The lowest BCUT2D eigenvalue weighted by Crippen LogP contribution is -2.35. The lowest BCUT2D eigenvalue weighted by Gasteiger charge is -2.23. The largest absolute Gasteiger partial charge is 0.448 e. The fourth-order valence-corrected chi connectivity index (χ4v) is 2.20. The summed E-state index contributed by atoms with van der Waals surface area (Å²) in [5, 5.41) is 10.2. The van der Waals surface area contributed by atoms with Gasteiger partial charge in [-0.15, -0.1) is 0 Å². The molecule has 0 bridgehead atoms. The molecule has 1 aromatic carbocycles. The number of nitrogens with zero attached hydrogens (tertiary/aromatic N) is 2. The predicted octanol–water partition coefficient (Wildman–Crippen LogP) is 1.41. The van der Waals surface area contributed by atoms with Gasteiger partial charge < -0.3 is 19.6 Å². The molecule has 1 aliphatic rings. The number of amides is 1. The number of hydrogen-bond donors (Lipinski definition) is 1. The molecule has 1 fully saturated rings. The van der Waals surface area contributed by atoms with E-state index < -0.39 is 6.10 Å². The van der Waals surface area contributed by atoms with E-state index in [0.717, 1.165) is 12.1 Å². The van der Waals surface area contributed by atoms with E-state index in [-0.39, 0.29) is 6.09 Å². The SMILES string of the molecule is Cc1ccc(C(O)CN(C)CCN2CCOC2=O)cc1. The van der Waals surface area contributed by atoms with Crippen LogP contribution in [0, 0.1) is 6.92 Å². The van der Waals surface area contributed by atoms with Crippen molar-refractivity contribution < 1.29 is 14.6 Å². The Bertz CT molecular complexity index is 447. The van der Waals surface area contributed by atoms with Gasteiger partial charge in [-0.1, -0.05) is 29.8 Å². The average molecular weight is 278 g/mol. The summed E-state index contributed by atoms with van der Waals surface area (Å²) in [5.74, 6) is 0. The van der Waals surface area contributed by atoms with Gasteiger partial charge in [0.15, 0.2) is 0 Å². The molecule has 5 nitrogen and oxygen atoms in total. The van der Waals surface area contributed by atoms with Gasteiger partial charge >= 0.3 is 6.09 Å². The van der Waals surface area contributed by atoms with Gasteiger partial charge in [-0.25, -0.2) is 4.79 Å². The highest BCUT2D eigenvalue weighted by Crippen LogP contribution is 2.14. The second kappa shape index (κ2) is 6.72. The molecular weight excluding hydrogens is 256 g/mol. The van der Waals surface area contributed by atoms with E-state index in [9.17, 15) is 9.90 Å². The summed E-state index contributed by atoms with van der Waals surface area (Å²) in [6.07, 6.45) is -0.747. The predicted molar refractivity (Wildman–Crippen MR) is 76.6 cm³/mol. The first-order valence-electron chi connectivity index (χ1n) is 6.91. The first kappa shape index (κ1) is 14.8. The number of carbonyl (C=O) groups excluding carboxylic acids is 1. The number of hydrogen-bond acceptors (Lipinski definition) is 4. The van der Waals surface area contributed by atoms with Crippen molar-refractivity contribution >= 4 is 6.09 Å². The molecule has 1 unspecified atom stereocenters. The van der Waals surface area contributed by atoms with Crippen LogP contribution in [0.15, 0.2) is 24.3 Å². The number of rotatable bonds is 6. The number of aryl methyl sites for hydroxylation is 1. The van der Waals surface area contributed by atoms with Crippen molar-refractivity contribution in [1.82, 2.24) is 9.80 Å². The normalized spacial score (nSPS) is 16.6. The fraction of sp³-hybridized carbons (Fsp3) is 0.533. The van der Waals surface area contributed by atoms with Crippen LogP contribution in [0.4, 0.5) is 4.79 Å². The van der Waals surface area contributed by atoms with Gasteiger partial charge in [0.1, 0.15) is 6.61 Å². The summed E-state index contributed by atoms with van der Waals surface area (Å²) in [6.45, 7) is 5.07. The molecule has 20 heavy (non-hydrogen) atoms. The van der Waals surface area contributed by atoms with Crippen molar-refractivity contribution in [1.29, 1.82) is 0 Å². The zero-order chi connectivity index (χ0) is 14.5. The summed E-state index contributed by atoms with van der Waals surface area (Å²) in [4.78, 5) is 15.0. The number of aliphatic hydroxyl groups excluding tert-OH is 1. The Hall–Kier alpha value is -1.59. The minimum absolute atomic E-state index is 0.238. The van der Waals surface area contributed by atoms with Gasteiger partial charge in [0.05, 0.1) is 12.6 Å². The van der Waals surface area contributed by atoms with Crippen molar-refractivity contribution in [2.75, 3.05) is 39.8 Å². The van der Waals surface area contributed by atoms with Crippen LogP contribution in [0.25, 0.3) is 0 Å². The molecule has 1 atom stereocenters. The van der Waals surface area contributed by atoms with Gasteiger partial charge in [0.2, 0.25) is 0 Å². The lowest BCUT2D eigenvalue weighted by atomic mass is 10.1. The van der Waals surface area contributed by atoms with Crippen LogP contribution in [0.5, 0.6) is 0 Å². The minimum atomic E-state index is -0.508. The molecule has 1 amide bonds. The molecule has 5 heteroatoms. The third-order valence-electron chi connectivity index (χ3n) is 3.54. The van der Waals surface area contributed by atoms with Gasteiger partial charge in [-0.3, -0.25) is 0 Å². The van der Waals surface area contributed by atoms with Crippen LogP contribution in [0.3, 0.4) is 0 Å². The molecule has 0 spiro atoms. The van der Waals surface area contributed by atoms with Crippen molar-refractivity contribution in [2.45, 2.75) is 13.0 Å². The molecular formula is C15H22N2O3. The monoisotopic (exact) mass is 278 g/mol. The number of cyclic esters (lactones) is 1. The van der Waals surface area contributed by atoms with Crippen LogP contribution in [-0.2, 0) is 4.74 Å². The number of ether oxygens (including phenoxy) is 1. The zero-order valence-corrected chi connectivity index (χ0v) is 12.1. The van der Waals surface area contributed by atoms with E-state index in [1.807, 2.05) is 43.1 Å². The Kier molecular flexibility index (Phi) is 4.98. The summed E-state index contributed by atoms with van der Waals surface area (Å²) in [7, 11) is 1.94. The van der Waals surface area contributed by atoms with E-state index in [0.29, 0.717) is 26.2 Å². The molecule has 1 aromatic rings. The molecule has 1 N–H and O–H groups in total. The Morgan fingerprint density at radius 2 is 2.10 bits per heavy atom. The second-order valence-corrected chi connectivity index (χ2v) is 5.29. The van der Waals surface area contributed by atoms with Gasteiger partial charge in [-0.2, -0.15) is 0 Å². The van der Waals surface area contributed by atoms with Crippen molar-refractivity contribution in [2.24, 2.45) is 0 Å². The van der Waals surface area contributed by atoms with E-state index in [1.54, 1.807) is 4.90 Å². The third-order valence-corrected chi connectivity index (χ3v) is 3.54. The topological polar surface area (TPSA) is 53.0 Å². The van der Waals surface area contributed by atoms with Gasteiger partial charge in [0.25, 0.3) is 0 Å². The zero-order valence-electron chi connectivity index (χ0n) is 12.1. The van der Waals surface area contributed by atoms with Crippen molar-refractivity contribution in [3.63, 3.8) is 0 Å². The van der Waals surface area contributed by atoms with Crippen molar-refractivity contribution in [3.8, 4) is 0 Å². The smallest absolute Gasteiger partial charge is 0.409 e. The molecule has 2 rings (SSSR count). The first-order chi connectivity index (χ1) is 9.56. The van der Waals surface area contributed by atoms with Crippen LogP contribution in [-0.4, -0.2) is 60.8 Å². The second-order valence-electron chi connectivity index (χ2n) is 5.29. The fourth-order valence-electron chi connectivity index (χ4n) is 2.20. The number of benzene rings is 1. The standard InChI is InChI=1S/C15H22N2O3/c1-12-3-5-13(6-4-12)14(18)11-16(2)7-8-17-9-10-20-15(17)19/h3-6,14,18H,7-11H2,1-2H3. The van der Waals surface area contributed by atoms with Gasteiger partial charge in [-0.05, 0) is 19.5 Å². The maximum Gasteiger partial charge on any atom is 0.409 e. The molecule has 1 saturated heterocycles. The Labute approximate surface area is 119 Å². The molecule has 0 aliphatic carbocycles. The van der Waals surface area contributed by atoms with Crippen molar-refractivity contribution in [3.05, 3.63) is 35.4 Å². The molecule has 0 saturated carbocycles. The highest BCUT2D eigenvalue weighted by molar-refractivity contribution is 5.69. The molecule has 110 valence electrons. The summed E-state index contributed by atoms with van der Waals surface area (Å²) in [5.41, 5.74) is 2.10. The van der Waals surface area contributed by atoms with E-state index in [4.69, 9.17) is 4.74 Å². The highest BCUT2D eigenvalue weighted by Gasteiger charge is 2.21. The maximum atomic E-state index is 11.3. The van der Waals surface area contributed by atoms with Gasteiger partial charge in [0, 0.05) is 19.6 Å².